The van der Waals surface area contributed by atoms with Crippen LogP contribution in [-0.2, 0) is 4.74 Å². The number of guanidine groups is 1. The molecule has 1 aromatic rings. The maximum absolute atomic E-state index is 5.98. The number of nitrogens with zero attached hydrogens (tertiary/aromatic N) is 2. The molecule has 0 aliphatic heterocycles. The minimum Gasteiger partial charge on any atom is -0.382 e. The number of hydrogen-bond donors (Lipinski definition) is 2. The lowest BCUT2D eigenvalue weighted by Crippen LogP contribution is -2.35. The molecular formula is C18H33IN4O. The SMILES string of the molecule is CCOCCCNC(N)=NCC(c1ccccc1)N(CC)CC.I. The highest BCUT2D eigenvalue weighted by Crippen LogP contribution is 2.20. The first kappa shape index (κ1) is 23.1. The number of hydrogen-bond acceptors (Lipinski definition) is 3. The van der Waals surface area contributed by atoms with E-state index in [2.05, 4.69) is 53.3 Å². The van der Waals surface area contributed by atoms with Gasteiger partial charge in [-0.2, -0.15) is 0 Å². The van der Waals surface area contributed by atoms with Gasteiger partial charge in [0.05, 0.1) is 12.6 Å². The Morgan fingerprint density at radius 3 is 2.46 bits per heavy atom. The van der Waals surface area contributed by atoms with Gasteiger partial charge in [-0.25, -0.2) is 0 Å². The van der Waals surface area contributed by atoms with Gasteiger partial charge >= 0.3 is 0 Å². The first-order valence-corrected chi connectivity index (χ1v) is 8.63. The van der Waals surface area contributed by atoms with Crippen molar-refractivity contribution in [1.82, 2.24) is 10.2 Å². The van der Waals surface area contributed by atoms with Gasteiger partial charge in [0.2, 0.25) is 0 Å². The third-order valence-electron chi connectivity index (χ3n) is 3.85. The molecule has 1 atom stereocenters. The number of halogens is 1. The number of rotatable bonds is 11. The molecule has 0 amide bonds. The van der Waals surface area contributed by atoms with Crippen LogP contribution in [0.4, 0.5) is 0 Å². The van der Waals surface area contributed by atoms with Gasteiger partial charge in [0, 0.05) is 19.8 Å². The Labute approximate surface area is 164 Å². The average Bonchev–Trinajstić information content (AvgIpc) is 2.59. The van der Waals surface area contributed by atoms with Gasteiger partial charge < -0.3 is 15.8 Å². The maximum atomic E-state index is 5.98. The van der Waals surface area contributed by atoms with E-state index in [4.69, 9.17) is 10.5 Å². The van der Waals surface area contributed by atoms with E-state index in [-0.39, 0.29) is 30.0 Å². The number of aliphatic imine (C=N–C) groups is 1. The fraction of sp³-hybridized carbons (Fsp3) is 0.611. The molecule has 0 aliphatic carbocycles. The van der Waals surface area contributed by atoms with Crippen molar-refractivity contribution in [3.63, 3.8) is 0 Å². The summed E-state index contributed by atoms with van der Waals surface area (Å²) in [5, 5.41) is 3.15. The van der Waals surface area contributed by atoms with Crippen LogP contribution in [0.25, 0.3) is 0 Å². The quantitative estimate of drug-likeness (QED) is 0.237. The molecule has 0 saturated carbocycles. The summed E-state index contributed by atoms with van der Waals surface area (Å²) in [6, 6.07) is 10.8. The topological polar surface area (TPSA) is 62.9 Å². The molecule has 138 valence electrons. The Bertz CT molecular complexity index is 438. The van der Waals surface area contributed by atoms with Crippen LogP contribution in [0.2, 0.25) is 0 Å². The van der Waals surface area contributed by atoms with Crippen molar-refractivity contribution >= 4 is 29.9 Å². The van der Waals surface area contributed by atoms with Crippen molar-refractivity contribution in [2.24, 2.45) is 10.7 Å². The summed E-state index contributed by atoms with van der Waals surface area (Å²) in [6.45, 7) is 11.3. The highest BCUT2D eigenvalue weighted by atomic mass is 127. The smallest absolute Gasteiger partial charge is 0.188 e. The van der Waals surface area contributed by atoms with Crippen molar-refractivity contribution < 1.29 is 4.74 Å². The van der Waals surface area contributed by atoms with Crippen LogP contribution in [0, 0.1) is 0 Å². The largest absolute Gasteiger partial charge is 0.382 e. The van der Waals surface area contributed by atoms with Crippen LogP contribution in [0.15, 0.2) is 35.3 Å². The molecule has 1 unspecified atom stereocenters. The Hall–Kier alpha value is -0.860. The second-order valence-electron chi connectivity index (χ2n) is 5.35. The molecule has 0 aliphatic rings. The van der Waals surface area contributed by atoms with E-state index in [0.717, 1.165) is 39.3 Å². The van der Waals surface area contributed by atoms with Gasteiger partial charge in [0.25, 0.3) is 0 Å². The predicted octanol–water partition coefficient (Wildman–Crippen LogP) is 3.02. The zero-order valence-electron chi connectivity index (χ0n) is 15.2. The van der Waals surface area contributed by atoms with Crippen molar-refractivity contribution in [2.45, 2.75) is 33.2 Å². The third-order valence-corrected chi connectivity index (χ3v) is 3.85. The second-order valence-corrected chi connectivity index (χ2v) is 5.35. The van der Waals surface area contributed by atoms with Crippen LogP contribution >= 0.6 is 24.0 Å². The molecule has 0 saturated heterocycles. The number of benzene rings is 1. The van der Waals surface area contributed by atoms with Crippen molar-refractivity contribution in [3.8, 4) is 0 Å². The molecule has 24 heavy (non-hydrogen) atoms. The van der Waals surface area contributed by atoms with Gasteiger partial charge in [-0.15, -0.1) is 24.0 Å². The molecule has 6 heteroatoms. The maximum Gasteiger partial charge on any atom is 0.188 e. The standard InChI is InChI=1S/C18H32N4O.HI/c1-4-22(5-2)17(16-11-8-7-9-12-16)15-21-18(19)20-13-10-14-23-6-3;/h7-9,11-12,17H,4-6,10,13-15H2,1-3H3,(H3,19,20,21);1H. The van der Waals surface area contributed by atoms with Crippen LogP contribution < -0.4 is 11.1 Å². The molecule has 1 rings (SSSR count). The van der Waals surface area contributed by atoms with E-state index < -0.39 is 0 Å². The van der Waals surface area contributed by atoms with E-state index in [1.807, 2.05) is 13.0 Å². The molecule has 0 spiro atoms. The summed E-state index contributed by atoms with van der Waals surface area (Å²) in [7, 11) is 0. The molecule has 5 nitrogen and oxygen atoms in total. The number of nitrogens with one attached hydrogen (secondary N) is 1. The van der Waals surface area contributed by atoms with Gasteiger partial charge in [-0.05, 0) is 32.0 Å². The summed E-state index contributed by atoms with van der Waals surface area (Å²) >= 11 is 0. The Morgan fingerprint density at radius 2 is 1.88 bits per heavy atom. The summed E-state index contributed by atoms with van der Waals surface area (Å²) < 4.78 is 5.30. The minimum absolute atomic E-state index is 0. The van der Waals surface area contributed by atoms with Crippen molar-refractivity contribution in [1.29, 1.82) is 0 Å². The van der Waals surface area contributed by atoms with Crippen molar-refractivity contribution in [2.75, 3.05) is 39.4 Å². The lowest BCUT2D eigenvalue weighted by molar-refractivity contribution is 0.145. The first-order chi connectivity index (χ1) is 11.2. The van der Waals surface area contributed by atoms with Crippen molar-refractivity contribution in [3.05, 3.63) is 35.9 Å². The van der Waals surface area contributed by atoms with Crippen LogP contribution in [0.5, 0.6) is 0 Å². The van der Waals surface area contributed by atoms with Crippen LogP contribution in [0.1, 0.15) is 38.8 Å². The minimum atomic E-state index is 0. The van der Waals surface area contributed by atoms with E-state index >= 15 is 0 Å². The molecule has 0 bridgehead atoms. The van der Waals surface area contributed by atoms with Crippen LogP contribution in [0.3, 0.4) is 0 Å². The molecule has 0 heterocycles. The number of ether oxygens (including phenoxy) is 1. The van der Waals surface area contributed by atoms with Gasteiger partial charge in [0.1, 0.15) is 0 Å². The predicted molar refractivity (Wildman–Crippen MR) is 113 cm³/mol. The van der Waals surface area contributed by atoms with E-state index in [0.29, 0.717) is 12.5 Å². The first-order valence-electron chi connectivity index (χ1n) is 8.63. The van der Waals surface area contributed by atoms with Gasteiger partial charge in [-0.3, -0.25) is 9.89 Å². The van der Waals surface area contributed by atoms with E-state index in [1.54, 1.807) is 0 Å². The number of likely N-dealkylation sites (N-methyl/N-ethyl adjacent to an activating group) is 1. The highest BCUT2D eigenvalue weighted by Gasteiger charge is 2.17. The lowest BCUT2D eigenvalue weighted by atomic mass is 10.1. The summed E-state index contributed by atoms with van der Waals surface area (Å²) in [5.74, 6) is 0.509. The Kier molecular flexibility index (Phi) is 14.0. The van der Waals surface area contributed by atoms with Crippen LogP contribution in [-0.4, -0.2) is 50.3 Å². The fourth-order valence-corrected chi connectivity index (χ4v) is 2.55. The molecule has 3 N–H and O–H groups in total. The zero-order chi connectivity index (χ0) is 16.9. The second kappa shape index (κ2) is 14.5. The van der Waals surface area contributed by atoms with E-state index in [1.165, 1.54) is 5.56 Å². The van der Waals surface area contributed by atoms with Gasteiger partial charge in [-0.1, -0.05) is 44.2 Å². The number of nitrogens with two attached hydrogens (primary N) is 1. The molecule has 0 fully saturated rings. The Balaban J connectivity index is 0.00000529. The fourth-order valence-electron chi connectivity index (χ4n) is 2.55. The Morgan fingerprint density at radius 1 is 1.21 bits per heavy atom. The summed E-state index contributed by atoms with van der Waals surface area (Å²) in [5.41, 5.74) is 7.26. The normalized spacial score (nSPS) is 12.8. The summed E-state index contributed by atoms with van der Waals surface area (Å²) in [6.07, 6.45) is 0.933. The van der Waals surface area contributed by atoms with E-state index in [9.17, 15) is 0 Å². The summed E-state index contributed by atoms with van der Waals surface area (Å²) in [4.78, 5) is 6.94. The molecule has 0 radical (unpaired) electrons. The lowest BCUT2D eigenvalue weighted by Gasteiger charge is -2.29. The zero-order valence-corrected chi connectivity index (χ0v) is 17.5. The molecule has 0 aromatic heterocycles. The van der Waals surface area contributed by atoms with Gasteiger partial charge in [0.15, 0.2) is 5.96 Å². The molecule has 1 aromatic carbocycles. The third kappa shape index (κ3) is 8.84. The highest BCUT2D eigenvalue weighted by molar-refractivity contribution is 14.0. The monoisotopic (exact) mass is 448 g/mol. The molecular weight excluding hydrogens is 415 g/mol. The average molecular weight is 448 g/mol.